The Morgan fingerprint density at radius 1 is 1.23 bits per heavy atom. The van der Waals surface area contributed by atoms with Crippen molar-refractivity contribution in [3.05, 3.63) is 0 Å². The summed E-state index contributed by atoms with van der Waals surface area (Å²) in [6, 6.07) is 0.774. The lowest BCUT2D eigenvalue weighted by atomic mass is 10.1. The van der Waals surface area contributed by atoms with Crippen LogP contribution in [0.15, 0.2) is 0 Å². The van der Waals surface area contributed by atoms with Crippen molar-refractivity contribution in [3.63, 3.8) is 0 Å². The Labute approximate surface area is 82.5 Å². The molecule has 0 spiro atoms. The number of nitrogens with one attached hydrogen (secondary N) is 2. The Morgan fingerprint density at radius 2 is 1.85 bits per heavy atom. The van der Waals surface area contributed by atoms with Gasteiger partial charge in [0.05, 0.1) is 6.17 Å². The lowest BCUT2D eigenvalue weighted by Gasteiger charge is -2.23. The molecule has 0 aliphatic heterocycles. The summed E-state index contributed by atoms with van der Waals surface area (Å²) in [5, 5.41) is 7.04. The van der Waals surface area contributed by atoms with E-state index < -0.39 is 0 Å². The number of rotatable bonds is 5. The largest absolute Gasteiger partial charge is 0.305 e. The van der Waals surface area contributed by atoms with Gasteiger partial charge < -0.3 is 5.32 Å². The van der Waals surface area contributed by atoms with Crippen LogP contribution < -0.4 is 10.6 Å². The Hall–Kier alpha value is -0.0800. The van der Waals surface area contributed by atoms with Crippen LogP contribution in [0.3, 0.4) is 0 Å². The van der Waals surface area contributed by atoms with Crippen LogP contribution in [-0.2, 0) is 0 Å². The maximum atomic E-state index is 3.69. The molecule has 1 atom stereocenters. The van der Waals surface area contributed by atoms with Gasteiger partial charge in [-0.05, 0) is 32.2 Å². The molecule has 0 saturated heterocycles. The fraction of sp³-hybridized carbons (Fsp3) is 1.00. The molecule has 2 N–H and O–H groups in total. The number of hydrogen-bond acceptors (Lipinski definition) is 2. The van der Waals surface area contributed by atoms with Crippen LogP contribution >= 0.6 is 0 Å². The van der Waals surface area contributed by atoms with Gasteiger partial charge in [-0.1, -0.05) is 26.7 Å². The van der Waals surface area contributed by atoms with E-state index in [-0.39, 0.29) is 0 Å². The summed E-state index contributed by atoms with van der Waals surface area (Å²) in [7, 11) is 2.05. The van der Waals surface area contributed by atoms with Crippen LogP contribution in [0.4, 0.5) is 0 Å². The van der Waals surface area contributed by atoms with Crippen molar-refractivity contribution in [2.24, 2.45) is 5.92 Å². The third kappa shape index (κ3) is 4.10. The van der Waals surface area contributed by atoms with E-state index in [1.54, 1.807) is 0 Å². The summed E-state index contributed by atoms with van der Waals surface area (Å²) in [5.41, 5.74) is 0. The van der Waals surface area contributed by atoms with E-state index in [1.165, 1.54) is 32.1 Å². The summed E-state index contributed by atoms with van der Waals surface area (Å²) in [4.78, 5) is 0. The molecule has 1 aliphatic carbocycles. The third-order valence-corrected chi connectivity index (χ3v) is 2.85. The van der Waals surface area contributed by atoms with Crippen LogP contribution in [0.2, 0.25) is 0 Å². The molecule has 0 aromatic carbocycles. The first kappa shape index (κ1) is 11.0. The number of hydrogen-bond donors (Lipinski definition) is 2. The second kappa shape index (κ2) is 5.61. The molecule has 1 aliphatic rings. The highest BCUT2D eigenvalue weighted by atomic mass is 15.1. The van der Waals surface area contributed by atoms with Crippen molar-refractivity contribution in [1.82, 2.24) is 10.6 Å². The van der Waals surface area contributed by atoms with Crippen LogP contribution in [-0.4, -0.2) is 19.3 Å². The van der Waals surface area contributed by atoms with Gasteiger partial charge in [0.2, 0.25) is 0 Å². The second-order valence-electron chi connectivity index (χ2n) is 4.62. The summed E-state index contributed by atoms with van der Waals surface area (Å²) < 4.78 is 0. The Bertz CT molecular complexity index is 128. The highest BCUT2D eigenvalue weighted by Crippen LogP contribution is 2.18. The molecule has 2 heteroatoms. The van der Waals surface area contributed by atoms with Gasteiger partial charge in [-0.3, -0.25) is 5.32 Å². The predicted octanol–water partition coefficient (Wildman–Crippen LogP) is 2.11. The zero-order valence-corrected chi connectivity index (χ0v) is 9.27. The van der Waals surface area contributed by atoms with E-state index >= 15 is 0 Å². The molecule has 2 nitrogen and oxygen atoms in total. The lowest BCUT2D eigenvalue weighted by molar-refractivity contribution is 0.338. The van der Waals surface area contributed by atoms with Crippen molar-refractivity contribution < 1.29 is 0 Å². The molecule has 0 aromatic heterocycles. The van der Waals surface area contributed by atoms with Gasteiger partial charge in [0.1, 0.15) is 0 Å². The molecule has 13 heavy (non-hydrogen) atoms. The molecule has 0 amide bonds. The van der Waals surface area contributed by atoms with Gasteiger partial charge in [0.15, 0.2) is 0 Å². The fourth-order valence-electron chi connectivity index (χ4n) is 2.12. The molecule has 78 valence electrons. The molecular formula is C11H24N2. The zero-order valence-electron chi connectivity index (χ0n) is 9.27. The smallest absolute Gasteiger partial charge is 0.0573 e. The highest BCUT2D eigenvalue weighted by molar-refractivity contribution is 4.77. The summed E-state index contributed by atoms with van der Waals surface area (Å²) in [5.74, 6) is 0.770. The first-order valence-corrected chi connectivity index (χ1v) is 5.65. The second-order valence-corrected chi connectivity index (χ2v) is 4.62. The standard InChI is InChI=1S/C11H24N2/c1-9(2)8-11(12-3)13-10-6-4-5-7-10/h9-13H,4-8H2,1-3H3/t11-/m1/s1. The molecule has 0 unspecified atom stereocenters. The van der Waals surface area contributed by atoms with Crippen molar-refractivity contribution in [2.45, 2.75) is 58.2 Å². The average molecular weight is 184 g/mol. The van der Waals surface area contributed by atoms with Gasteiger partial charge in [-0.2, -0.15) is 0 Å². The quantitative estimate of drug-likeness (QED) is 0.639. The van der Waals surface area contributed by atoms with Gasteiger partial charge in [0.25, 0.3) is 0 Å². The maximum absolute atomic E-state index is 3.69. The van der Waals surface area contributed by atoms with E-state index in [1.807, 2.05) is 0 Å². The van der Waals surface area contributed by atoms with E-state index in [0.29, 0.717) is 6.17 Å². The van der Waals surface area contributed by atoms with Gasteiger partial charge in [0, 0.05) is 6.04 Å². The minimum absolute atomic E-state index is 0.517. The monoisotopic (exact) mass is 184 g/mol. The van der Waals surface area contributed by atoms with Gasteiger partial charge >= 0.3 is 0 Å². The maximum Gasteiger partial charge on any atom is 0.0573 e. The molecule has 0 bridgehead atoms. The van der Waals surface area contributed by atoms with Crippen LogP contribution in [0.25, 0.3) is 0 Å². The topological polar surface area (TPSA) is 24.1 Å². The molecule has 0 radical (unpaired) electrons. The SMILES string of the molecule is CN[C@@H](CC(C)C)NC1CCCC1. The Balaban J connectivity index is 2.21. The highest BCUT2D eigenvalue weighted by Gasteiger charge is 2.18. The molecule has 1 rings (SSSR count). The summed E-state index contributed by atoms with van der Waals surface area (Å²) in [6.45, 7) is 4.56. The van der Waals surface area contributed by atoms with E-state index in [2.05, 4.69) is 31.5 Å². The summed E-state index contributed by atoms with van der Waals surface area (Å²) >= 11 is 0. The minimum Gasteiger partial charge on any atom is -0.305 e. The third-order valence-electron chi connectivity index (χ3n) is 2.85. The van der Waals surface area contributed by atoms with Gasteiger partial charge in [-0.25, -0.2) is 0 Å². The van der Waals surface area contributed by atoms with Crippen molar-refractivity contribution in [3.8, 4) is 0 Å². The minimum atomic E-state index is 0.517. The average Bonchev–Trinajstić information content (AvgIpc) is 2.55. The normalized spacial score (nSPS) is 21.2. The zero-order chi connectivity index (χ0) is 9.68. The van der Waals surface area contributed by atoms with Crippen molar-refractivity contribution in [1.29, 1.82) is 0 Å². The van der Waals surface area contributed by atoms with E-state index in [4.69, 9.17) is 0 Å². The van der Waals surface area contributed by atoms with Crippen LogP contribution in [0.5, 0.6) is 0 Å². The van der Waals surface area contributed by atoms with Gasteiger partial charge in [-0.15, -0.1) is 0 Å². The van der Waals surface area contributed by atoms with E-state index in [9.17, 15) is 0 Å². The van der Waals surface area contributed by atoms with Crippen LogP contribution in [0, 0.1) is 5.92 Å². The predicted molar refractivity (Wildman–Crippen MR) is 57.7 cm³/mol. The Morgan fingerprint density at radius 3 is 2.31 bits per heavy atom. The molecular weight excluding hydrogens is 160 g/mol. The fourth-order valence-corrected chi connectivity index (χ4v) is 2.12. The molecule has 1 saturated carbocycles. The van der Waals surface area contributed by atoms with E-state index in [0.717, 1.165) is 12.0 Å². The molecule has 0 aromatic rings. The summed E-state index contributed by atoms with van der Waals surface area (Å²) in [6.07, 6.45) is 7.31. The lowest BCUT2D eigenvalue weighted by Crippen LogP contribution is -2.45. The first-order chi connectivity index (χ1) is 6.22. The molecule has 0 heterocycles. The first-order valence-electron chi connectivity index (χ1n) is 5.65. The van der Waals surface area contributed by atoms with Crippen LogP contribution in [0.1, 0.15) is 46.0 Å². The molecule has 1 fully saturated rings. The van der Waals surface area contributed by atoms with Crippen molar-refractivity contribution in [2.75, 3.05) is 7.05 Å². The van der Waals surface area contributed by atoms with Crippen molar-refractivity contribution >= 4 is 0 Å². The Kier molecular flexibility index (Phi) is 4.74.